The zero-order valence-corrected chi connectivity index (χ0v) is 9.75. The van der Waals surface area contributed by atoms with E-state index in [-0.39, 0.29) is 0 Å². The summed E-state index contributed by atoms with van der Waals surface area (Å²) in [4.78, 5) is 10.9. The van der Waals surface area contributed by atoms with Crippen LogP contribution in [0.3, 0.4) is 0 Å². The molecule has 0 saturated carbocycles. The highest BCUT2D eigenvalue weighted by Gasteiger charge is 2.12. The van der Waals surface area contributed by atoms with E-state index in [9.17, 15) is 0 Å². The molecule has 0 saturated heterocycles. The summed E-state index contributed by atoms with van der Waals surface area (Å²) in [5.41, 5.74) is 2.23. The van der Waals surface area contributed by atoms with Crippen LogP contribution in [0.15, 0.2) is 24.7 Å². The van der Waals surface area contributed by atoms with Crippen molar-refractivity contribution in [2.75, 3.05) is 13.6 Å². The Balaban J connectivity index is 2.18. The average molecular weight is 218 g/mol. The first-order valence-electron chi connectivity index (χ1n) is 5.67. The van der Waals surface area contributed by atoms with Crippen LogP contribution in [0.25, 0.3) is 11.3 Å². The molecule has 1 atom stereocenters. The molecule has 1 unspecified atom stereocenters. The monoisotopic (exact) mass is 218 g/mol. The van der Waals surface area contributed by atoms with Crippen molar-refractivity contribution >= 4 is 0 Å². The average Bonchev–Trinajstić information content (AvgIpc) is 2.95. The van der Waals surface area contributed by atoms with Gasteiger partial charge in [-0.25, -0.2) is 4.98 Å². The Morgan fingerprint density at radius 2 is 2.38 bits per heavy atom. The van der Waals surface area contributed by atoms with Gasteiger partial charge in [-0.05, 0) is 19.5 Å². The van der Waals surface area contributed by atoms with Gasteiger partial charge in [-0.15, -0.1) is 0 Å². The topological polar surface area (TPSA) is 56.5 Å². The summed E-state index contributed by atoms with van der Waals surface area (Å²) in [6, 6.07) is 2.04. The zero-order valence-electron chi connectivity index (χ0n) is 9.75. The molecule has 0 spiro atoms. The first-order chi connectivity index (χ1) is 7.85. The fraction of sp³-hybridized carbons (Fsp3) is 0.417. The maximum Gasteiger partial charge on any atom is 0.110 e. The number of H-pyrrole nitrogens is 2. The number of aromatic amines is 2. The molecule has 2 aromatic rings. The van der Waals surface area contributed by atoms with E-state index in [1.54, 1.807) is 0 Å². The number of likely N-dealkylation sites (N-methyl/N-ethyl adjacent to an activating group) is 1. The first kappa shape index (κ1) is 11.0. The van der Waals surface area contributed by atoms with E-state index in [1.807, 2.05) is 31.7 Å². The highest BCUT2D eigenvalue weighted by Crippen LogP contribution is 2.20. The lowest BCUT2D eigenvalue weighted by Crippen LogP contribution is -2.17. The van der Waals surface area contributed by atoms with E-state index in [1.165, 1.54) is 0 Å². The molecule has 0 amide bonds. The number of nitrogens with one attached hydrogen (secondary N) is 3. The first-order valence-corrected chi connectivity index (χ1v) is 5.67. The molecule has 0 fully saturated rings. The molecule has 0 radical (unpaired) electrons. The van der Waals surface area contributed by atoms with Gasteiger partial charge in [0.05, 0.1) is 11.9 Å². The van der Waals surface area contributed by atoms with Gasteiger partial charge >= 0.3 is 0 Å². The van der Waals surface area contributed by atoms with Crippen LogP contribution >= 0.6 is 0 Å². The minimum Gasteiger partial charge on any atom is -0.367 e. The van der Waals surface area contributed by atoms with Gasteiger partial charge < -0.3 is 15.3 Å². The van der Waals surface area contributed by atoms with Crippen molar-refractivity contribution in [2.45, 2.75) is 19.3 Å². The molecule has 4 nitrogen and oxygen atoms in total. The quantitative estimate of drug-likeness (QED) is 0.720. The van der Waals surface area contributed by atoms with Gasteiger partial charge in [0.25, 0.3) is 0 Å². The second kappa shape index (κ2) is 4.99. The van der Waals surface area contributed by atoms with Crippen LogP contribution < -0.4 is 5.32 Å². The highest BCUT2D eigenvalue weighted by molar-refractivity contribution is 5.57. The lowest BCUT2D eigenvalue weighted by molar-refractivity contribution is 0.586. The third-order valence-corrected chi connectivity index (χ3v) is 2.83. The number of hydrogen-bond acceptors (Lipinski definition) is 2. The van der Waals surface area contributed by atoms with Gasteiger partial charge in [-0.3, -0.25) is 0 Å². The molecule has 16 heavy (non-hydrogen) atoms. The van der Waals surface area contributed by atoms with Crippen LogP contribution in [-0.4, -0.2) is 28.5 Å². The van der Waals surface area contributed by atoms with Crippen LogP contribution in [-0.2, 0) is 0 Å². The molecule has 0 aliphatic heterocycles. The van der Waals surface area contributed by atoms with Crippen molar-refractivity contribution in [1.82, 2.24) is 20.3 Å². The van der Waals surface area contributed by atoms with Crippen LogP contribution in [0.4, 0.5) is 0 Å². The van der Waals surface area contributed by atoms with Gasteiger partial charge in [-0.2, -0.15) is 0 Å². The van der Waals surface area contributed by atoms with Gasteiger partial charge in [0.2, 0.25) is 0 Å². The normalized spacial score (nSPS) is 12.9. The van der Waals surface area contributed by atoms with Crippen LogP contribution in [0.5, 0.6) is 0 Å². The van der Waals surface area contributed by atoms with Gasteiger partial charge in [0.15, 0.2) is 0 Å². The predicted octanol–water partition coefficient (Wildman–Crippen LogP) is 2.12. The molecule has 2 rings (SSSR count). The summed E-state index contributed by atoms with van der Waals surface area (Å²) in [6.45, 7) is 3.14. The third kappa shape index (κ3) is 2.17. The molecule has 0 aromatic carbocycles. The van der Waals surface area contributed by atoms with E-state index >= 15 is 0 Å². The van der Waals surface area contributed by atoms with Crippen molar-refractivity contribution in [3.05, 3.63) is 30.5 Å². The Kier molecular flexibility index (Phi) is 3.41. The smallest absolute Gasteiger partial charge is 0.110 e. The lowest BCUT2D eigenvalue weighted by Gasteiger charge is -2.10. The van der Waals surface area contributed by atoms with Crippen LogP contribution in [0.1, 0.15) is 25.1 Å². The SMILES string of the molecule is CCC(CNC)c1ncc(-c2cc[nH]c2)[nH]1. The molecule has 3 N–H and O–H groups in total. The van der Waals surface area contributed by atoms with Crippen molar-refractivity contribution < 1.29 is 0 Å². The number of nitrogens with zero attached hydrogens (tertiary/aromatic N) is 1. The Labute approximate surface area is 95.5 Å². The molecule has 0 bridgehead atoms. The van der Waals surface area contributed by atoms with E-state index in [0.717, 1.165) is 30.0 Å². The summed E-state index contributed by atoms with van der Waals surface area (Å²) in [6.07, 6.45) is 6.87. The maximum absolute atomic E-state index is 4.45. The fourth-order valence-corrected chi connectivity index (χ4v) is 1.86. The number of hydrogen-bond donors (Lipinski definition) is 3. The van der Waals surface area contributed by atoms with E-state index in [2.05, 4.69) is 27.2 Å². The second-order valence-corrected chi connectivity index (χ2v) is 3.94. The number of imidazole rings is 1. The van der Waals surface area contributed by atoms with E-state index in [4.69, 9.17) is 0 Å². The van der Waals surface area contributed by atoms with Crippen molar-refractivity contribution in [3.8, 4) is 11.3 Å². The molecule has 2 heterocycles. The summed E-state index contributed by atoms with van der Waals surface area (Å²) in [7, 11) is 1.97. The minimum absolute atomic E-state index is 0.456. The largest absolute Gasteiger partial charge is 0.367 e. The Hall–Kier alpha value is -1.55. The minimum atomic E-state index is 0.456. The molecular formula is C12H18N4. The molecule has 0 aliphatic rings. The van der Waals surface area contributed by atoms with E-state index in [0.29, 0.717) is 5.92 Å². The third-order valence-electron chi connectivity index (χ3n) is 2.83. The Morgan fingerprint density at radius 3 is 3.00 bits per heavy atom. The molecule has 86 valence electrons. The van der Waals surface area contributed by atoms with Gasteiger partial charge in [0, 0.05) is 30.4 Å². The summed E-state index contributed by atoms with van der Waals surface area (Å²) in [5.74, 6) is 1.52. The number of aromatic nitrogens is 3. The molecule has 2 aromatic heterocycles. The second-order valence-electron chi connectivity index (χ2n) is 3.94. The molecule has 0 aliphatic carbocycles. The molecular weight excluding hydrogens is 200 g/mol. The zero-order chi connectivity index (χ0) is 11.4. The van der Waals surface area contributed by atoms with Gasteiger partial charge in [-0.1, -0.05) is 6.92 Å². The van der Waals surface area contributed by atoms with E-state index < -0.39 is 0 Å². The van der Waals surface area contributed by atoms with Crippen molar-refractivity contribution in [3.63, 3.8) is 0 Å². The van der Waals surface area contributed by atoms with Crippen molar-refractivity contribution in [1.29, 1.82) is 0 Å². The molecule has 4 heteroatoms. The standard InChI is InChI=1S/C12H18N4/c1-3-9(6-13-2)12-15-8-11(16-12)10-4-5-14-7-10/h4-5,7-9,13-14H,3,6H2,1-2H3,(H,15,16). The Morgan fingerprint density at radius 1 is 1.50 bits per heavy atom. The van der Waals surface area contributed by atoms with Crippen LogP contribution in [0, 0.1) is 0 Å². The number of rotatable bonds is 5. The summed E-state index contributed by atoms with van der Waals surface area (Å²) >= 11 is 0. The Bertz CT molecular complexity index is 416. The summed E-state index contributed by atoms with van der Waals surface area (Å²) in [5, 5.41) is 3.20. The predicted molar refractivity (Wildman–Crippen MR) is 65.3 cm³/mol. The van der Waals surface area contributed by atoms with Gasteiger partial charge in [0.1, 0.15) is 5.82 Å². The lowest BCUT2D eigenvalue weighted by atomic mass is 10.1. The van der Waals surface area contributed by atoms with Crippen LogP contribution in [0.2, 0.25) is 0 Å². The summed E-state index contributed by atoms with van der Waals surface area (Å²) < 4.78 is 0. The fourth-order valence-electron chi connectivity index (χ4n) is 1.86. The maximum atomic E-state index is 4.45. The highest BCUT2D eigenvalue weighted by atomic mass is 14.9. The van der Waals surface area contributed by atoms with Crippen molar-refractivity contribution in [2.24, 2.45) is 0 Å².